The molecule has 0 aromatic heterocycles. The predicted octanol–water partition coefficient (Wildman–Crippen LogP) is 5.04. The maximum Gasteiger partial charge on any atom is 0.137 e. The predicted molar refractivity (Wildman–Crippen MR) is 126 cm³/mol. The fourth-order valence-electron chi connectivity index (χ4n) is 9.00. The lowest BCUT2D eigenvalue weighted by atomic mass is 9.44. The first-order chi connectivity index (χ1) is 14.9. The average Bonchev–Trinajstić information content (AvgIpc) is 3.10. The van der Waals surface area contributed by atoms with E-state index in [4.69, 9.17) is 0 Å². The third-order valence-electron chi connectivity index (χ3n) is 11.5. The molecule has 4 saturated carbocycles. The first kappa shape index (κ1) is 24.4. The lowest BCUT2D eigenvalue weighted by Gasteiger charge is -2.60. The molecule has 2 N–H and O–H groups in total. The Morgan fingerprint density at radius 3 is 2.16 bits per heavy atom. The van der Waals surface area contributed by atoms with E-state index in [-0.39, 0.29) is 34.4 Å². The molecule has 182 valence electrons. The first-order valence-electron chi connectivity index (χ1n) is 13.3. The van der Waals surface area contributed by atoms with Crippen LogP contribution in [-0.4, -0.2) is 34.0 Å². The van der Waals surface area contributed by atoms with Crippen molar-refractivity contribution in [3.63, 3.8) is 0 Å². The fraction of sp³-hybridized carbons (Fsp3) is 0.929. The van der Waals surface area contributed by atoms with Crippen molar-refractivity contribution >= 4 is 11.6 Å². The number of aliphatic hydroxyl groups excluding tert-OH is 2. The molecule has 4 heteroatoms. The van der Waals surface area contributed by atoms with Gasteiger partial charge in [0.2, 0.25) is 0 Å². The van der Waals surface area contributed by atoms with Crippen LogP contribution in [0.25, 0.3) is 0 Å². The van der Waals surface area contributed by atoms with Crippen molar-refractivity contribution in [2.45, 2.75) is 105 Å². The second kappa shape index (κ2) is 8.48. The lowest BCUT2D eigenvalue weighted by molar-refractivity contribution is -0.160. The normalized spacial score (nSPS) is 45.6. The van der Waals surface area contributed by atoms with Crippen LogP contribution in [0.15, 0.2) is 0 Å². The Labute approximate surface area is 194 Å². The Hall–Kier alpha value is -0.740. The lowest BCUT2D eigenvalue weighted by Crippen LogP contribution is -2.57. The van der Waals surface area contributed by atoms with E-state index in [1.165, 1.54) is 0 Å². The third-order valence-corrected chi connectivity index (χ3v) is 11.5. The van der Waals surface area contributed by atoms with Gasteiger partial charge in [0, 0.05) is 25.2 Å². The van der Waals surface area contributed by atoms with E-state index in [0.717, 1.165) is 32.1 Å². The Morgan fingerprint density at radius 2 is 1.50 bits per heavy atom. The number of carbonyl (C=O) groups excluding carboxylic acids is 2. The van der Waals surface area contributed by atoms with Crippen molar-refractivity contribution in [3.8, 4) is 0 Å². The molecule has 0 bridgehead atoms. The number of rotatable bonds is 5. The first-order valence-corrected chi connectivity index (χ1v) is 13.3. The Bertz CT molecular complexity index is 746. The third kappa shape index (κ3) is 3.63. The summed E-state index contributed by atoms with van der Waals surface area (Å²) in [5.74, 6) is 2.86. The van der Waals surface area contributed by atoms with Crippen LogP contribution < -0.4 is 0 Å². The molecule has 4 fully saturated rings. The van der Waals surface area contributed by atoms with E-state index in [2.05, 4.69) is 34.6 Å². The van der Waals surface area contributed by atoms with Gasteiger partial charge in [0.25, 0.3) is 0 Å². The molecule has 4 nitrogen and oxygen atoms in total. The molecule has 0 aromatic carbocycles. The van der Waals surface area contributed by atoms with E-state index in [9.17, 15) is 19.8 Å². The number of hydrogen-bond acceptors (Lipinski definition) is 4. The minimum absolute atomic E-state index is 0.0126. The zero-order chi connectivity index (χ0) is 23.6. The zero-order valence-corrected chi connectivity index (χ0v) is 21.1. The van der Waals surface area contributed by atoms with Crippen molar-refractivity contribution in [2.75, 3.05) is 0 Å². The summed E-state index contributed by atoms with van der Waals surface area (Å²) in [5, 5.41) is 22.0. The average molecular weight is 447 g/mol. The molecular formula is C28H46O4. The SMILES string of the molecule is CC(C)[C@@H](C)[C@@H](O)[C@H](O)[C@@H](C)[C@H]1CC[C@H]2[C@@H]3CC(=O)[C@H]4CC(=O)CC[C@]4(C)[C@H]3CC[C@]12C. The maximum atomic E-state index is 13.3. The summed E-state index contributed by atoms with van der Waals surface area (Å²) in [6, 6.07) is 0. The number of carbonyl (C=O) groups is 2. The molecule has 0 radical (unpaired) electrons. The van der Waals surface area contributed by atoms with Crippen LogP contribution in [0, 0.1) is 58.2 Å². The summed E-state index contributed by atoms with van der Waals surface area (Å²) in [5.41, 5.74) is 0.109. The molecule has 4 aliphatic carbocycles. The van der Waals surface area contributed by atoms with Crippen LogP contribution in [-0.2, 0) is 9.59 Å². The second-order valence-corrected chi connectivity index (χ2v) is 13.0. The van der Waals surface area contributed by atoms with Gasteiger partial charge >= 0.3 is 0 Å². The molecule has 0 spiro atoms. The zero-order valence-electron chi connectivity index (χ0n) is 21.1. The summed E-state index contributed by atoms with van der Waals surface area (Å²) >= 11 is 0. The highest BCUT2D eigenvalue weighted by Gasteiger charge is 2.63. The smallest absolute Gasteiger partial charge is 0.137 e. The van der Waals surface area contributed by atoms with Crippen LogP contribution in [0.3, 0.4) is 0 Å². The van der Waals surface area contributed by atoms with Gasteiger partial charge in [-0.1, -0.05) is 41.5 Å². The quantitative estimate of drug-likeness (QED) is 0.620. The standard InChI is InChI=1S/C28H46O4/c1-15(2)16(3)25(31)26(32)17(4)20-7-8-21-19-14-24(30)23-13-18(29)9-11-28(23,6)22(19)10-12-27(20,21)5/h15-17,19-23,25-26,31-32H,7-14H2,1-6H3/t16-,17+,19+,20-,21+,22+,23-,25-,26-,27-,28-/m1/s1. The summed E-state index contributed by atoms with van der Waals surface area (Å²) < 4.78 is 0. The Balaban J connectivity index is 1.55. The molecule has 0 amide bonds. The summed E-state index contributed by atoms with van der Waals surface area (Å²) in [7, 11) is 0. The van der Waals surface area contributed by atoms with Crippen LogP contribution in [0.5, 0.6) is 0 Å². The molecule has 0 heterocycles. The number of hydrogen-bond donors (Lipinski definition) is 2. The van der Waals surface area contributed by atoms with Gasteiger partial charge in [-0.15, -0.1) is 0 Å². The summed E-state index contributed by atoms with van der Waals surface area (Å²) in [6.07, 6.45) is 5.73. The van der Waals surface area contributed by atoms with Crippen LogP contribution in [0.1, 0.15) is 92.9 Å². The molecule has 32 heavy (non-hydrogen) atoms. The Morgan fingerprint density at radius 1 is 0.844 bits per heavy atom. The van der Waals surface area contributed by atoms with E-state index in [0.29, 0.717) is 54.6 Å². The number of fused-ring (bicyclic) bond motifs is 5. The van der Waals surface area contributed by atoms with Crippen molar-refractivity contribution in [2.24, 2.45) is 58.2 Å². The van der Waals surface area contributed by atoms with E-state index in [1.54, 1.807) is 0 Å². The monoisotopic (exact) mass is 446 g/mol. The molecule has 11 atom stereocenters. The van der Waals surface area contributed by atoms with Crippen LogP contribution in [0.4, 0.5) is 0 Å². The van der Waals surface area contributed by atoms with Gasteiger partial charge in [-0.25, -0.2) is 0 Å². The van der Waals surface area contributed by atoms with E-state index >= 15 is 0 Å². The molecule has 4 aliphatic rings. The molecule has 0 aromatic rings. The number of aliphatic hydroxyl groups is 2. The van der Waals surface area contributed by atoms with Crippen molar-refractivity contribution in [1.82, 2.24) is 0 Å². The highest BCUT2D eigenvalue weighted by atomic mass is 16.3. The molecular weight excluding hydrogens is 400 g/mol. The fourth-order valence-corrected chi connectivity index (χ4v) is 9.00. The van der Waals surface area contributed by atoms with Gasteiger partial charge in [-0.3, -0.25) is 9.59 Å². The van der Waals surface area contributed by atoms with E-state index < -0.39 is 12.2 Å². The summed E-state index contributed by atoms with van der Waals surface area (Å²) in [6.45, 7) is 13.1. The molecule has 4 rings (SSSR count). The minimum atomic E-state index is -0.704. The van der Waals surface area contributed by atoms with Gasteiger partial charge < -0.3 is 10.2 Å². The molecule has 0 saturated heterocycles. The topological polar surface area (TPSA) is 74.6 Å². The van der Waals surface area contributed by atoms with Crippen molar-refractivity contribution in [3.05, 3.63) is 0 Å². The molecule has 0 aliphatic heterocycles. The van der Waals surface area contributed by atoms with Gasteiger partial charge in [-0.05, 0) is 84.4 Å². The van der Waals surface area contributed by atoms with Crippen molar-refractivity contribution < 1.29 is 19.8 Å². The highest BCUT2D eigenvalue weighted by Crippen LogP contribution is 2.67. The van der Waals surface area contributed by atoms with Crippen LogP contribution in [0.2, 0.25) is 0 Å². The minimum Gasteiger partial charge on any atom is -0.390 e. The van der Waals surface area contributed by atoms with Gasteiger partial charge in [-0.2, -0.15) is 0 Å². The highest BCUT2D eigenvalue weighted by molar-refractivity contribution is 5.90. The summed E-state index contributed by atoms with van der Waals surface area (Å²) in [4.78, 5) is 25.4. The van der Waals surface area contributed by atoms with Crippen molar-refractivity contribution in [1.29, 1.82) is 0 Å². The van der Waals surface area contributed by atoms with Crippen LogP contribution >= 0.6 is 0 Å². The molecule has 0 unspecified atom stereocenters. The van der Waals surface area contributed by atoms with Gasteiger partial charge in [0.1, 0.15) is 11.6 Å². The maximum absolute atomic E-state index is 13.3. The number of Topliss-reactive ketones (excluding diaryl/α,β-unsaturated/α-hetero) is 2. The van der Waals surface area contributed by atoms with Gasteiger partial charge in [0.05, 0.1) is 12.2 Å². The number of ketones is 2. The largest absolute Gasteiger partial charge is 0.390 e. The van der Waals surface area contributed by atoms with Gasteiger partial charge in [0.15, 0.2) is 0 Å². The van der Waals surface area contributed by atoms with E-state index in [1.807, 2.05) is 6.92 Å². The second-order valence-electron chi connectivity index (χ2n) is 13.0. The Kier molecular flexibility index (Phi) is 6.47.